The lowest BCUT2D eigenvalue weighted by molar-refractivity contribution is 0.0180. The maximum atomic E-state index is 14.5. The highest BCUT2D eigenvalue weighted by Gasteiger charge is 2.25. The van der Waals surface area contributed by atoms with E-state index in [0.29, 0.717) is 23.3 Å². The lowest BCUT2D eigenvalue weighted by Gasteiger charge is -2.27. The number of halogens is 2. The molecule has 1 fully saturated rings. The third-order valence-corrected chi connectivity index (χ3v) is 5.17. The summed E-state index contributed by atoms with van der Waals surface area (Å²) in [5, 5.41) is 0. The van der Waals surface area contributed by atoms with Gasteiger partial charge in [0.25, 0.3) is 0 Å². The van der Waals surface area contributed by atoms with Crippen molar-refractivity contribution in [2.45, 2.75) is 45.6 Å². The topological polar surface area (TPSA) is 47.9 Å². The summed E-state index contributed by atoms with van der Waals surface area (Å²) in [6.07, 6.45) is 1.85. The Morgan fingerprint density at radius 2 is 1.81 bits per heavy atom. The molecule has 1 aliphatic rings. The predicted molar refractivity (Wildman–Crippen MR) is 99.5 cm³/mol. The van der Waals surface area contributed by atoms with Gasteiger partial charge in [0.1, 0.15) is 22.8 Å². The van der Waals surface area contributed by atoms with Gasteiger partial charge in [-0.3, -0.25) is 0 Å². The molecule has 0 spiro atoms. The van der Waals surface area contributed by atoms with Crippen molar-refractivity contribution < 1.29 is 13.5 Å². The Hall–Kier alpha value is -2.47. The van der Waals surface area contributed by atoms with E-state index in [4.69, 9.17) is 9.72 Å². The average molecular weight is 369 g/mol. The van der Waals surface area contributed by atoms with Crippen molar-refractivity contribution in [3.63, 3.8) is 0 Å². The van der Waals surface area contributed by atoms with Crippen LogP contribution in [0, 0.1) is 25.5 Å². The van der Waals surface area contributed by atoms with Crippen molar-refractivity contribution in [3.8, 4) is 11.3 Å². The molecule has 0 bridgehead atoms. The zero-order valence-corrected chi connectivity index (χ0v) is 15.6. The van der Waals surface area contributed by atoms with E-state index in [9.17, 15) is 8.78 Å². The van der Waals surface area contributed by atoms with Crippen LogP contribution < -0.4 is 0 Å². The number of hydrogen-bond donors (Lipinski definition) is 0. The molecule has 4 nitrogen and oxygen atoms in total. The van der Waals surface area contributed by atoms with E-state index in [-0.39, 0.29) is 17.6 Å². The van der Waals surface area contributed by atoms with Gasteiger partial charge in [0, 0.05) is 29.8 Å². The van der Waals surface area contributed by atoms with Gasteiger partial charge in [0.15, 0.2) is 0 Å². The van der Waals surface area contributed by atoms with Crippen LogP contribution in [0.15, 0.2) is 24.3 Å². The Labute approximate surface area is 156 Å². The zero-order valence-electron chi connectivity index (χ0n) is 15.6. The van der Waals surface area contributed by atoms with E-state index in [1.54, 1.807) is 0 Å². The highest BCUT2D eigenvalue weighted by Crippen LogP contribution is 2.34. The number of rotatable bonds is 2. The van der Waals surface area contributed by atoms with E-state index in [1.165, 1.54) is 12.1 Å². The summed E-state index contributed by atoms with van der Waals surface area (Å²) in [7, 11) is 0. The van der Waals surface area contributed by atoms with Crippen LogP contribution in [0.4, 0.5) is 8.78 Å². The minimum atomic E-state index is -0.652. The molecular formula is C21H21F2N3O. The highest BCUT2D eigenvalue weighted by atomic mass is 19.1. The van der Waals surface area contributed by atoms with E-state index in [1.807, 2.05) is 26.8 Å². The number of nitrogens with zero attached hydrogens (tertiary/aromatic N) is 3. The first-order valence-electron chi connectivity index (χ1n) is 9.15. The first kappa shape index (κ1) is 17.9. The Balaban J connectivity index is 1.95. The van der Waals surface area contributed by atoms with Crippen LogP contribution in [0.2, 0.25) is 0 Å². The molecule has 6 heteroatoms. The zero-order chi connectivity index (χ0) is 19.1. The van der Waals surface area contributed by atoms with E-state index in [2.05, 4.69) is 9.97 Å². The van der Waals surface area contributed by atoms with Crippen LogP contribution in [-0.4, -0.2) is 27.7 Å². The number of ether oxygens (including phenoxy) is 1. The molecule has 0 aliphatic carbocycles. The monoisotopic (exact) mass is 369 g/mol. The molecule has 4 rings (SSSR count). The molecule has 27 heavy (non-hydrogen) atoms. The number of aryl methyl sites for hydroxylation is 2. The molecule has 3 aromatic rings. The van der Waals surface area contributed by atoms with Gasteiger partial charge < -0.3 is 4.74 Å². The molecule has 1 aromatic carbocycles. The van der Waals surface area contributed by atoms with Gasteiger partial charge in [-0.05, 0) is 51.8 Å². The van der Waals surface area contributed by atoms with Crippen LogP contribution in [0.25, 0.3) is 22.3 Å². The molecule has 0 unspecified atom stereocenters. The maximum absolute atomic E-state index is 14.5. The number of aromatic nitrogens is 3. The maximum Gasteiger partial charge on any atom is 0.135 e. The van der Waals surface area contributed by atoms with E-state index in [0.717, 1.165) is 36.0 Å². The second kappa shape index (κ2) is 6.93. The van der Waals surface area contributed by atoms with Gasteiger partial charge in [0.2, 0.25) is 0 Å². The summed E-state index contributed by atoms with van der Waals surface area (Å²) in [6.45, 7) is 6.47. The Morgan fingerprint density at radius 1 is 1.04 bits per heavy atom. The molecule has 2 atom stereocenters. The molecular weight excluding hydrogens is 348 g/mol. The van der Waals surface area contributed by atoms with Crippen LogP contribution in [0.3, 0.4) is 0 Å². The Kier molecular flexibility index (Phi) is 4.60. The van der Waals surface area contributed by atoms with Crippen molar-refractivity contribution >= 4 is 11.0 Å². The first-order chi connectivity index (χ1) is 12.9. The van der Waals surface area contributed by atoms with Crippen LogP contribution in [-0.2, 0) is 4.74 Å². The SMILES string of the molecule is Cc1nc2cc([C@H]3CCO[C@H](C)C3)nc(-c3ccc(F)cc3F)c2nc1C. The second-order valence-corrected chi connectivity index (χ2v) is 7.18. The lowest BCUT2D eigenvalue weighted by atomic mass is 9.91. The van der Waals surface area contributed by atoms with Crippen molar-refractivity contribution in [1.82, 2.24) is 15.0 Å². The van der Waals surface area contributed by atoms with Crippen molar-refractivity contribution in [2.75, 3.05) is 6.61 Å². The lowest BCUT2D eigenvalue weighted by Crippen LogP contribution is -2.22. The molecule has 140 valence electrons. The Bertz CT molecular complexity index is 1020. The van der Waals surface area contributed by atoms with Gasteiger partial charge in [-0.1, -0.05) is 0 Å². The fraction of sp³-hybridized carbons (Fsp3) is 0.381. The number of pyridine rings is 1. The average Bonchev–Trinajstić information content (AvgIpc) is 2.62. The summed E-state index contributed by atoms with van der Waals surface area (Å²) in [5.41, 5.74) is 4.31. The number of benzene rings is 1. The molecule has 0 amide bonds. The van der Waals surface area contributed by atoms with Gasteiger partial charge in [-0.2, -0.15) is 0 Å². The number of hydrogen-bond acceptors (Lipinski definition) is 4. The molecule has 0 saturated carbocycles. The quantitative estimate of drug-likeness (QED) is 0.647. The third kappa shape index (κ3) is 3.41. The van der Waals surface area contributed by atoms with E-state index < -0.39 is 11.6 Å². The highest BCUT2D eigenvalue weighted by molar-refractivity contribution is 5.89. The van der Waals surface area contributed by atoms with Crippen LogP contribution in [0.1, 0.15) is 42.8 Å². The minimum absolute atomic E-state index is 0.151. The van der Waals surface area contributed by atoms with Gasteiger partial charge >= 0.3 is 0 Å². The molecule has 0 radical (unpaired) electrons. The van der Waals surface area contributed by atoms with Gasteiger partial charge in [-0.25, -0.2) is 23.7 Å². The fourth-order valence-electron chi connectivity index (χ4n) is 3.59. The summed E-state index contributed by atoms with van der Waals surface area (Å²) in [6, 6.07) is 5.48. The van der Waals surface area contributed by atoms with Crippen LogP contribution in [0.5, 0.6) is 0 Å². The second-order valence-electron chi connectivity index (χ2n) is 7.18. The van der Waals surface area contributed by atoms with Gasteiger partial charge in [0.05, 0.1) is 23.0 Å². The normalized spacial score (nSPS) is 20.2. The van der Waals surface area contributed by atoms with Crippen LogP contribution >= 0.6 is 0 Å². The summed E-state index contributed by atoms with van der Waals surface area (Å²) in [4.78, 5) is 14.0. The minimum Gasteiger partial charge on any atom is -0.378 e. The summed E-state index contributed by atoms with van der Waals surface area (Å²) in [5.74, 6) is -1.06. The Morgan fingerprint density at radius 3 is 2.56 bits per heavy atom. The predicted octanol–water partition coefficient (Wildman–Crippen LogP) is 4.87. The first-order valence-corrected chi connectivity index (χ1v) is 9.15. The van der Waals surface area contributed by atoms with Crippen molar-refractivity contribution in [3.05, 3.63) is 53.0 Å². The summed E-state index contributed by atoms with van der Waals surface area (Å²) < 4.78 is 33.6. The summed E-state index contributed by atoms with van der Waals surface area (Å²) >= 11 is 0. The molecule has 2 aromatic heterocycles. The third-order valence-electron chi connectivity index (χ3n) is 5.17. The van der Waals surface area contributed by atoms with Crippen molar-refractivity contribution in [1.29, 1.82) is 0 Å². The standard InChI is InChI=1S/C21H21F2N3O/c1-11-8-14(6-7-27-11)18-10-19-21(25-13(3)12(2)24-19)20(26-18)16-5-4-15(22)9-17(16)23/h4-5,9-11,14H,6-8H2,1-3H3/t11-,14+/m1/s1. The van der Waals surface area contributed by atoms with Crippen molar-refractivity contribution in [2.24, 2.45) is 0 Å². The molecule has 1 aliphatic heterocycles. The largest absolute Gasteiger partial charge is 0.378 e. The number of fused-ring (bicyclic) bond motifs is 1. The smallest absolute Gasteiger partial charge is 0.135 e. The molecule has 3 heterocycles. The fourth-order valence-corrected chi connectivity index (χ4v) is 3.59. The molecule has 0 N–H and O–H groups in total. The molecule has 1 saturated heterocycles. The van der Waals surface area contributed by atoms with Gasteiger partial charge in [-0.15, -0.1) is 0 Å². The van der Waals surface area contributed by atoms with E-state index >= 15 is 0 Å².